The molecule has 0 aliphatic rings. The largest absolute Gasteiger partial charge is 0.354 e. The third-order valence-corrected chi connectivity index (χ3v) is 7.56. The lowest BCUT2D eigenvalue weighted by Gasteiger charge is -2.32. The van der Waals surface area contributed by atoms with Crippen LogP contribution < -0.4 is 9.62 Å². The lowest BCUT2D eigenvalue weighted by atomic mass is 10.1. The van der Waals surface area contributed by atoms with Crippen molar-refractivity contribution in [3.05, 3.63) is 62.5 Å². The Kier molecular flexibility index (Phi) is 10.7. The molecule has 7 nitrogen and oxygen atoms in total. The third-order valence-electron chi connectivity index (χ3n) is 5.18. The van der Waals surface area contributed by atoms with E-state index in [0.29, 0.717) is 27.8 Å². The molecule has 11 heteroatoms. The van der Waals surface area contributed by atoms with Gasteiger partial charge in [0.1, 0.15) is 12.6 Å². The SMILES string of the molecule is CCCCNC(=O)[C@H](C)N(Cc1c(Cl)cccc1Cl)C(=O)CN(c1ccc(Br)cc1)S(C)(=O)=O. The normalized spacial score (nSPS) is 12.2. The fourth-order valence-corrected chi connectivity index (χ4v) is 4.82. The van der Waals surface area contributed by atoms with E-state index in [0.717, 1.165) is 27.9 Å². The van der Waals surface area contributed by atoms with E-state index >= 15 is 0 Å². The van der Waals surface area contributed by atoms with Gasteiger partial charge in [0.25, 0.3) is 0 Å². The van der Waals surface area contributed by atoms with Crippen molar-refractivity contribution in [3.8, 4) is 0 Å². The number of anilines is 1. The number of rotatable bonds is 11. The van der Waals surface area contributed by atoms with Crippen LogP contribution in [0.1, 0.15) is 32.3 Å². The van der Waals surface area contributed by atoms with Crippen LogP contribution in [0.3, 0.4) is 0 Å². The molecular weight excluding hydrogens is 565 g/mol. The van der Waals surface area contributed by atoms with Gasteiger partial charge < -0.3 is 10.2 Å². The second-order valence-electron chi connectivity index (χ2n) is 7.79. The summed E-state index contributed by atoms with van der Waals surface area (Å²) in [5.74, 6) is -0.915. The highest BCUT2D eigenvalue weighted by atomic mass is 79.9. The number of benzene rings is 2. The summed E-state index contributed by atoms with van der Waals surface area (Å²) in [5, 5.41) is 3.51. The Bertz CT molecular complexity index is 1090. The minimum Gasteiger partial charge on any atom is -0.354 e. The summed E-state index contributed by atoms with van der Waals surface area (Å²) in [6.07, 6.45) is 2.73. The van der Waals surface area contributed by atoms with Gasteiger partial charge in [-0.3, -0.25) is 13.9 Å². The molecule has 0 spiro atoms. The average molecular weight is 593 g/mol. The van der Waals surface area contributed by atoms with Gasteiger partial charge in [-0.2, -0.15) is 0 Å². The number of halogens is 3. The summed E-state index contributed by atoms with van der Waals surface area (Å²) < 4.78 is 26.9. The van der Waals surface area contributed by atoms with Crippen LogP contribution in [0, 0.1) is 0 Å². The second kappa shape index (κ2) is 12.8. The third kappa shape index (κ3) is 7.86. The van der Waals surface area contributed by atoms with Crippen molar-refractivity contribution >= 4 is 66.7 Å². The van der Waals surface area contributed by atoms with Crippen LogP contribution in [0.4, 0.5) is 5.69 Å². The number of sulfonamides is 1. The Balaban J connectivity index is 2.39. The standard InChI is InChI=1S/C23H28BrCl2N3O4S/c1-4-5-13-27-23(31)16(2)28(14-19-20(25)7-6-8-21(19)26)22(30)15-29(34(3,32)33)18-11-9-17(24)10-12-18/h6-12,16H,4-5,13-15H2,1-3H3,(H,27,31)/t16-/m0/s1. The van der Waals surface area contributed by atoms with Crippen molar-refractivity contribution in [2.75, 3.05) is 23.7 Å². The Morgan fingerprint density at radius 2 is 1.68 bits per heavy atom. The molecular formula is C23H28BrCl2N3O4S. The monoisotopic (exact) mass is 591 g/mol. The Hall–Kier alpha value is -1.81. The quantitative estimate of drug-likeness (QED) is 0.378. The zero-order valence-corrected chi connectivity index (χ0v) is 23.1. The van der Waals surface area contributed by atoms with Crippen molar-refractivity contribution in [2.24, 2.45) is 0 Å². The molecule has 0 unspecified atom stereocenters. The fraction of sp³-hybridized carbons (Fsp3) is 0.391. The molecule has 0 saturated carbocycles. The molecule has 34 heavy (non-hydrogen) atoms. The predicted octanol–water partition coefficient (Wildman–Crippen LogP) is 4.86. The van der Waals surface area contributed by atoms with Crippen LogP contribution in [0.5, 0.6) is 0 Å². The molecule has 0 aliphatic carbocycles. The summed E-state index contributed by atoms with van der Waals surface area (Å²) in [6.45, 7) is 3.52. The molecule has 0 aliphatic heterocycles. The summed E-state index contributed by atoms with van der Waals surface area (Å²) in [7, 11) is -3.79. The first-order chi connectivity index (χ1) is 16.0. The summed E-state index contributed by atoms with van der Waals surface area (Å²) in [4.78, 5) is 27.6. The van der Waals surface area contributed by atoms with Crippen molar-refractivity contribution in [2.45, 2.75) is 39.3 Å². The number of nitrogens with one attached hydrogen (secondary N) is 1. The van der Waals surface area contributed by atoms with Crippen molar-refractivity contribution in [1.82, 2.24) is 10.2 Å². The highest BCUT2D eigenvalue weighted by Crippen LogP contribution is 2.27. The first-order valence-electron chi connectivity index (χ1n) is 10.7. The molecule has 0 fully saturated rings. The first-order valence-corrected chi connectivity index (χ1v) is 14.1. The lowest BCUT2D eigenvalue weighted by molar-refractivity contribution is -0.139. The maximum Gasteiger partial charge on any atom is 0.244 e. The van der Waals surface area contributed by atoms with Gasteiger partial charge in [-0.25, -0.2) is 8.42 Å². The molecule has 1 atom stereocenters. The van der Waals surface area contributed by atoms with Gasteiger partial charge in [-0.05, 0) is 49.7 Å². The van der Waals surface area contributed by atoms with E-state index in [-0.39, 0.29) is 12.5 Å². The smallest absolute Gasteiger partial charge is 0.244 e. The van der Waals surface area contributed by atoms with Gasteiger partial charge in [-0.1, -0.05) is 58.5 Å². The number of carbonyl (C=O) groups is 2. The Morgan fingerprint density at radius 3 is 2.21 bits per heavy atom. The predicted molar refractivity (Wildman–Crippen MR) is 141 cm³/mol. The van der Waals surface area contributed by atoms with Gasteiger partial charge in [0.05, 0.1) is 11.9 Å². The summed E-state index contributed by atoms with van der Waals surface area (Å²) in [5.41, 5.74) is 0.803. The van der Waals surface area contributed by atoms with Gasteiger partial charge in [0, 0.05) is 33.2 Å². The molecule has 186 valence electrons. The molecule has 0 radical (unpaired) electrons. The summed E-state index contributed by atoms with van der Waals surface area (Å²) in [6, 6.07) is 10.6. The van der Waals surface area contributed by atoms with Gasteiger partial charge >= 0.3 is 0 Å². The topological polar surface area (TPSA) is 86.8 Å². The van der Waals surface area contributed by atoms with Gasteiger partial charge in [0.15, 0.2) is 0 Å². The molecule has 0 bridgehead atoms. The number of hydrogen-bond donors (Lipinski definition) is 1. The Labute approximate surface area is 219 Å². The molecule has 1 N–H and O–H groups in total. The van der Waals surface area contributed by atoms with Gasteiger partial charge in [-0.15, -0.1) is 0 Å². The highest BCUT2D eigenvalue weighted by molar-refractivity contribution is 9.10. The van der Waals surface area contributed by atoms with E-state index in [4.69, 9.17) is 23.2 Å². The zero-order valence-electron chi connectivity index (χ0n) is 19.2. The minimum atomic E-state index is -3.79. The van der Waals surface area contributed by atoms with Gasteiger partial charge in [0.2, 0.25) is 21.8 Å². The molecule has 0 aromatic heterocycles. The van der Waals surface area contributed by atoms with Crippen LogP contribution in [0.25, 0.3) is 0 Å². The molecule has 2 aromatic carbocycles. The molecule has 2 amide bonds. The van der Waals surface area contributed by atoms with Crippen molar-refractivity contribution in [1.29, 1.82) is 0 Å². The fourth-order valence-electron chi connectivity index (χ4n) is 3.19. The lowest BCUT2D eigenvalue weighted by Crippen LogP contribution is -2.51. The molecule has 2 aromatic rings. The maximum absolute atomic E-state index is 13.5. The first kappa shape index (κ1) is 28.4. The van der Waals surface area contributed by atoms with Crippen molar-refractivity contribution < 1.29 is 18.0 Å². The maximum atomic E-state index is 13.5. The van der Waals surface area contributed by atoms with E-state index in [1.165, 1.54) is 4.90 Å². The number of hydrogen-bond acceptors (Lipinski definition) is 4. The number of nitrogens with zero attached hydrogens (tertiary/aromatic N) is 2. The van der Waals surface area contributed by atoms with Crippen molar-refractivity contribution in [3.63, 3.8) is 0 Å². The highest BCUT2D eigenvalue weighted by Gasteiger charge is 2.30. The minimum absolute atomic E-state index is 0.0579. The van der Waals surface area contributed by atoms with Crippen LogP contribution in [-0.2, 0) is 26.2 Å². The molecule has 0 saturated heterocycles. The summed E-state index contributed by atoms with van der Waals surface area (Å²) >= 11 is 16.0. The van der Waals surface area contributed by atoms with Crippen LogP contribution in [0.15, 0.2) is 46.9 Å². The van der Waals surface area contributed by atoms with E-state index < -0.39 is 28.5 Å². The number of unbranched alkanes of at least 4 members (excludes halogenated alkanes) is 1. The zero-order chi connectivity index (χ0) is 25.5. The number of amides is 2. The number of carbonyl (C=O) groups excluding carboxylic acids is 2. The van der Waals surface area contributed by atoms with E-state index in [9.17, 15) is 18.0 Å². The Morgan fingerprint density at radius 1 is 1.09 bits per heavy atom. The molecule has 2 rings (SSSR count). The average Bonchev–Trinajstić information content (AvgIpc) is 2.77. The second-order valence-corrected chi connectivity index (χ2v) is 11.4. The van der Waals surface area contributed by atoms with Crippen LogP contribution in [0.2, 0.25) is 10.0 Å². The van der Waals surface area contributed by atoms with E-state index in [2.05, 4.69) is 21.2 Å². The van der Waals surface area contributed by atoms with Crippen LogP contribution >= 0.6 is 39.1 Å². The van der Waals surface area contributed by atoms with E-state index in [1.54, 1.807) is 49.4 Å². The van der Waals surface area contributed by atoms with Crippen LogP contribution in [-0.4, -0.2) is 50.5 Å². The molecule has 0 heterocycles. The van der Waals surface area contributed by atoms with E-state index in [1.807, 2.05) is 6.92 Å².